The maximum absolute atomic E-state index is 11.8. The first-order valence-corrected chi connectivity index (χ1v) is 7.96. The molecule has 6 nitrogen and oxygen atoms in total. The van der Waals surface area contributed by atoms with Crippen LogP contribution in [-0.4, -0.2) is 27.2 Å². The highest BCUT2D eigenvalue weighted by molar-refractivity contribution is 8.00. The number of hydrogen-bond donors (Lipinski definition) is 2. The molecular weight excluding hydrogens is 300 g/mol. The summed E-state index contributed by atoms with van der Waals surface area (Å²) in [6, 6.07) is 6.89. The van der Waals surface area contributed by atoms with Gasteiger partial charge in [0, 0.05) is 11.3 Å². The van der Waals surface area contributed by atoms with Gasteiger partial charge in [-0.2, -0.15) is 0 Å². The largest absolute Gasteiger partial charge is 0.351 e. The van der Waals surface area contributed by atoms with Crippen molar-refractivity contribution in [3.63, 3.8) is 0 Å². The number of primary amides is 1. The minimum Gasteiger partial charge on any atom is -0.351 e. The molecule has 0 spiro atoms. The zero-order valence-corrected chi connectivity index (χ0v) is 12.9. The first kappa shape index (κ1) is 14.8. The van der Waals surface area contributed by atoms with Gasteiger partial charge in [-0.3, -0.25) is 10.1 Å². The quantitative estimate of drug-likeness (QED) is 0.665. The molecule has 0 radical (unpaired) electrons. The highest BCUT2D eigenvalue weighted by Crippen LogP contribution is 2.40. The fraction of sp³-hybridized carbons (Fsp3) is 0.333. The summed E-state index contributed by atoms with van der Waals surface area (Å²) in [7, 11) is 0. The summed E-state index contributed by atoms with van der Waals surface area (Å²) in [5.41, 5.74) is 5.86. The van der Waals surface area contributed by atoms with E-state index in [1.54, 1.807) is 6.92 Å². The van der Waals surface area contributed by atoms with Gasteiger partial charge in [-0.15, -0.1) is 0 Å². The van der Waals surface area contributed by atoms with Gasteiger partial charge < -0.3 is 5.73 Å². The number of hydrogen-bond acceptors (Lipinski definition) is 5. The minimum atomic E-state index is -0.844. The normalized spacial score (nSPS) is 15.5. The van der Waals surface area contributed by atoms with Gasteiger partial charge in [-0.1, -0.05) is 30.0 Å². The Labute approximate surface area is 131 Å². The van der Waals surface area contributed by atoms with Crippen molar-refractivity contribution >= 4 is 34.6 Å². The Morgan fingerprint density at radius 2 is 2.05 bits per heavy atom. The van der Waals surface area contributed by atoms with E-state index in [2.05, 4.69) is 15.3 Å². The molecule has 2 aromatic rings. The van der Waals surface area contributed by atoms with Crippen LogP contribution in [0.25, 0.3) is 10.9 Å². The predicted octanol–water partition coefficient (Wildman–Crippen LogP) is 2.18. The van der Waals surface area contributed by atoms with E-state index < -0.39 is 17.2 Å². The molecule has 3 amide bonds. The van der Waals surface area contributed by atoms with Crippen molar-refractivity contribution in [2.24, 2.45) is 5.73 Å². The molecule has 1 aliphatic rings. The Bertz CT molecular complexity index is 745. The van der Waals surface area contributed by atoms with Crippen molar-refractivity contribution in [2.75, 3.05) is 0 Å². The highest BCUT2D eigenvalue weighted by atomic mass is 32.2. The molecule has 114 valence electrons. The minimum absolute atomic E-state index is 0.423. The first-order chi connectivity index (χ1) is 10.5. The number of nitrogens with zero attached hydrogens (tertiary/aromatic N) is 2. The number of carbonyl (C=O) groups is 2. The third kappa shape index (κ3) is 3.19. The molecule has 0 bridgehead atoms. The Kier molecular flexibility index (Phi) is 3.98. The average Bonchev–Trinajstić information content (AvgIpc) is 3.31. The Morgan fingerprint density at radius 3 is 2.73 bits per heavy atom. The van der Waals surface area contributed by atoms with E-state index in [0.717, 1.165) is 34.6 Å². The molecule has 0 saturated heterocycles. The number of carbonyl (C=O) groups excluding carboxylic acids is 2. The lowest BCUT2D eigenvalue weighted by atomic mass is 10.2. The number of para-hydroxylation sites is 1. The molecule has 1 heterocycles. The fourth-order valence-electron chi connectivity index (χ4n) is 2.12. The van der Waals surface area contributed by atoms with Crippen LogP contribution in [0.2, 0.25) is 0 Å². The Morgan fingerprint density at radius 1 is 1.32 bits per heavy atom. The molecule has 0 unspecified atom stereocenters. The lowest BCUT2D eigenvalue weighted by Crippen LogP contribution is -2.39. The summed E-state index contributed by atoms with van der Waals surface area (Å²) in [5, 5.41) is 3.30. The standard InChI is InChI=1S/C15H16N4O2S/c1-8(13(20)19-15(16)21)22-14-10-4-2-3-5-11(10)17-12(18-14)9-6-7-9/h2-5,8-9H,6-7H2,1H3,(H3,16,19,20,21)/t8-/m0/s1. The van der Waals surface area contributed by atoms with Crippen LogP contribution in [0.1, 0.15) is 31.5 Å². The van der Waals surface area contributed by atoms with Crippen molar-refractivity contribution in [2.45, 2.75) is 36.0 Å². The van der Waals surface area contributed by atoms with Crippen LogP contribution in [0.3, 0.4) is 0 Å². The van der Waals surface area contributed by atoms with Crippen molar-refractivity contribution in [1.82, 2.24) is 15.3 Å². The van der Waals surface area contributed by atoms with Crippen molar-refractivity contribution in [1.29, 1.82) is 0 Å². The predicted molar refractivity (Wildman–Crippen MR) is 84.6 cm³/mol. The van der Waals surface area contributed by atoms with Gasteiger partial charge in [0.1, 0.15) is 10.9 Å². The molecule has 3 rings (SSSR count). The van der Waals surface area contributed by atoms with Crippen LogP contribution < -0.4 is 11.1 Å². The smallest absolute Gasteiger partial charge is 0.318 e. The maximum atomic E-state index is 11.8. The van der Waals surface area contributed by atoms with Crippen LogP contribution >= 0.6 is 11.8 Å². The number of aromatic nitrogens is 2. The average molecular weight is 316 g/mol. The number of imide groups is 1. The summed E-state index contributed by atoms with van der Waals surface area (Å²) >= 11 is 1.31. The van der Waals surface area contributed by atoms with Crippen LogP contribution in [0, 0.1) is 0 Å². The van der Waals surface area contributed by atoms with Crippen molar-refractivity contribution in [3.8, 4) is 0 Å². The molecule has 22 heavy (non-hydrogen) atoms. The van der Waals surface area contributed by atoms with Gasteiger partial charge in [0.25, 0.3) is 0 Å². The van der Waals surface area contributed by atoms with E-state index in [1.165, 1.54) is 11.8 Å². The summed E-state index contributed by atoms with van der Waals surface area (Å²) in [6.45, 7) is 1.72. The fourth-order valence-corrected chi connectivity index (χ4v) is 3.07. The number of thioether (sulfide) groups is 1. The molecule has 1 aromatic carbocycles. The molecule has 1 aliphatic carbocycles. The molecule has 1 atom stereocenters. The Hall–Kier alpha value is -2.15. The number of urea groups is 1. The second-order valence-corrected chi connectivity index (χ2v) is 6.62. The maximum Gasteiger partial charge on any atom is 0.318 e. The number of nitrogens with one attached hydrogen (secondary N) is 1. The summed E-state index contributed by atoms with van der Waals surface area (Å²) in [5.74, 6) is 0.843. The van der Waals surface area contributed by atoms with Crippen LogP contribution in [0.4, 0.5) is 4.79 Å². The lowest BCUT2D eigenvalue weighted by Gasteiger charge is -2.12. The number of benzene rings is 1. The van der Waals surface area contributed by atoms with E-state index in [-0.39, 0.29) is 0 Å². The second-order valence-electron chi connectivity index (χ2n) is 5.29. The topological polar surface area (TPSA) is 98.0 Å². The van der Waals surface area contributed by atoms with Gasteiger partial charge in [-0.25, -0.2) is 14.8 Å². The van der Waals surface area contributed by atoms with E-state index in [4.69, 9.17) is 5.73 Å². The number of nitrogens with two attached hydrogens (primary N) is 1. The molecule has 7 heteroatoms. The number of fused-ring (bicyclic) bond motifs is 1. The zero-order chi connectivity index (χ0) is 15.7. The molecule has 1 fully saturated rings. The molecule has 3 N–H and O–H groups in total. The van der Waals surface area contributed by atoms with Gasteiger partial charge in [0.15, 0.2) is 0 Å². The van der Waals surface area contributed by atoms with Crippen LogP contribution in [0.15, 0.2) is 29.3 Å². The molecular formula is C15H16N4O2S. The van der Waals surface area contributed by atoms with E-state index in [9.17, 15) is 9.59 Å². The first-order valence-electron chi connectivity index (χ1n) is 7.08. The van der Waals surface area contributed by atoms with Gasteiger partial charge in [0.2, 0.25) is 5.91 Å². The van der Waals surface area contributed by atoms with E-state index in [1.807, 2.05) is 24.3 Å². The third-order valence-corrected chi connectivity index (χ3v) is 4.53. The second kappa shape index (κ2) is 5.92. The summed E-state index contributed by atoms with van der Waals surface area (Å²) in [6.07, 6.45) is 2.22. The Balaban J connectivity index is 1.91. The van der Waals surface area contributed by atoms with Crippen LogP contribution in [0.5, 0.6) is 0 Å². The van der Waals surface area contributed by atoms with E-state index >= 15 is 0 Å². The summed E-state index contributed by atoms with van der Waals surface area (Å²) in [4.78, 5) is 31.9. The van der Waals surface area contributed by atoms with Crippen molar-refractivity contribution in [3.05, 3.63) is 30.1 Å². The lowest BCUT2D eigenvalue weighted by molar-refractivity contribution is -0.119. The number of rotatable bonds is 4. The van der Waals surface area contributed by atoms with Gasteiger partial charge >= 0.3 is 6.03 Å². The monoisotopic (exact) mass is 316 g/mol. The SMILES string of the molecule is C[C@H](Sc1nc(C2CC2)nc2ccccc12)C(=O)NC(N)=O. The van der Waals surface area contributed by atoms with Crippen LogP contribution in [-0.2, 0) is 4.79 Å². The summed E-state index contributed by atoms with van der Waals surface area (Å²) < 4.78 is 0. The van der Waals surface area contributed by atoms with E-state index in [0.29, 0.717) is 5.92 Å². The van der Waals surface area contributed by atoms with Crippen molar-refractivity contribution < 1.29 is 9.59 Å². The number of amides is 3. The highest BCUT2D eigenvalue weighted by Gasteiger charge is 2.28. The zero-order valence-electron chi connectivity index (χ0n) is 12.1. The molecule has 0 aliphatic heterocycles. The molecule has 1 aromatic heterocycles. The molecule has 1 saturated carbocycles. The van der Waals surface area contributed by atoms with Gasteiger partial charge in [-0.05, 0) is 25.8 Å². The van der Waals surface area contributed by atoms with Gasteiger partial charge in [0.05, 0.1) is 10.8 Å². The third-order valence-electron chi connectivity index (χ3n) is 3.43.